The van der Waals surface area contributed by atoms with Crippen LogP contribution in [0.5, 0.6) is 0 Å². The van der Waals surface area contributed by atoms with Crippen molar-refractivity contribution in [2.24, 2.45) is 5.73 Å². The van der Waals surface area contributed by atoms with Gasteiger partial charge in [-0.05, 0) is 19.3 Å². The van der Waals surface area contributed by atoms with Crippen molar-refractivity contribution in [1.29, 1.82) is 0 Å². The zero-order chi connectivity index (χ0) is 20.1. The van der Waals surface area contributed by atoms with E-state index in [1.54, 1.807) is 0 Å². The molecule has 1 nitrogen and oxygen atoms in total. The number of hydrogen-bond donors (Lipinski definition) is 1. The van der Waals surface area contributed by atoms with Gasteiger partial charge in [-0.25, -0.2) is 0 Å². The first-order chi connectivity index (χ1) is 13.2. The van der Waals surface area contributed by atoms with Gasteiger partial charge in [-0.15, -0.1) is 0 Å². The topological polar surface area (TPSA) is 26.0 Å². The fourth-order valence-electron chi connectivity index (χ4n) is 4.16. The van der Waals surface area contributed by atoms with Crippen molar-refractivity contribution in [3.63, 3.8) is 0 Å². The Kier molecular flexibility index (Phi) is 20.7. The van der Waals surface area contributed by atoms with Crippen LogP contribution in [0.4, 0.5) is 0 Å². The van der Waals surface area contributed by atoms with Gasteiger partial charge in [0.2, 0.25) is 0 Å². The second-order valence-corrected chi connectivity index (χ2v) is 9.18. The third kappa shape index (κ3) is 19.1. The highest BCUT2D eigenvalue weighted by Gasteiger charge is 2.18. The molecule has 0 aliphatic heterocycles. The fraction of sp³-hybridized carbons (Fsp3) is 1.00. The summed E-state index contributed by atoms with van der Waals surface area (Å²) in [6.07, 6.45) is 31.0. The molecule has 0 aromatic carbocycles. The van der Waals surface area contributed by atoms with E-state index in [0.717, 1.165) is 12.8 Å². The molecule has 0 amide bonds. The van der Waals surface area contributed by atoms with E-state index in [4.69, 9.17) is 5.73 Å². The summed E-state index contributed by atoms with van der Waals surface area (Å²) in [6.45, 7) is 6.77. The van der Waals surface area contributed by atoms with Gasteiger partial charge < -0.3 is 5.73 Å². The minimum atomic E-state index is 0.120. The molecule has 0 unspecified atom stereocenters. The Morgan fingerprint density at radius 3 is 0.926 bits per heavy atom. The summed E-state index contributed by atoms with van der Waals surface area (Å²) in [7, 11) is 0. The molecule has 27 heavy (non-hydrogen) atoms. The van der Waals surface area contributed by atoms with Gasteiger partial charge in [-0.2, -0.15) is 0 Å². The third-order valence-electron chi connectivity index (χ3n) is 6.69. The normalized spacial score (nSPS) is 12.0. The zero-order valence-electron chi connectivity index (χ0n) is 19.6. The highest BCUT2D eigenvalue weighted by molar-refractivity contribution is 4.80. The van der Waals surface area contributed by atoms with Crippen LogP contribution < -0.4 is 5.73 Å². The lowest BCUT2D eigenvalue weighted by molar-refractivity contribution is 0.350. The van der Waals surface area contributed by atoms with Gasteiger partial charge in [0.05, 0.1) is 0 Å². The van der Waals surface area contributed by atoms with E-state index in [0.29, 0.717) is 0 Å². The van der Waals surface area contributed by atoms with Crippen LogP contribution in [0.2, 0.25) is 0 Å². The van der Waals surface area contributed by atoms with E-state index in [9.17, 15) is 0 Å². The predicted octanol–water partition coefficient (Wildman–Crippen LogP) is 9.33. The molecule has 2 N–H and O–H groups in total. The molecule has 0 rings (SSSR count). The summed E-state index contributed by atoms with van der Waals surface area (Å²) in [6, 6.07) is 0. The van der Waals surface area contributed by atoms with Crippen LogP contribution in [-0.2, 0) is 0 Å². The second kappa shape index (κ2) is 20.7. The van der Waals surface area contributed by atoms with Gasteiger partial charge in [-0.1, -0.05) is 143 Å². The summed E-state index contributed by atoms with van der Waals surface area (Å²) in [5.74, 6) is 0. The molecule has 0 radical (unpaired) electrons. The molecule has 0 aromatic heterocycles. The average Bonchev–Trinajstić information content (AvgIpc) is 2.69. The van der Waals surface area contributed by atoms with Crippen LogP contribution in [-0.4, -0.2) is 5.54 Å². The summed E-state index contributed by atoms with van der Waals surface area (Å²) >= 11 is 0. The molecule has 0 saturated carbocycles. The minimum Gasteiger partial charge on any atom is -0.325 e. The molecule has 0 aliphatic rings. The first kappa shape index (κ1) is 27.0. The molecule has 0 aliphatic carbocycles. The average molecular weight is 382 g/mol. The van der Waals surface area contributed by atoms with Gasteiger partial charge in [0.25, 0.3) is 0 Å². The van der Waals surface area contributed by atoms with Crippen molar-refractivity contribution >= 4 is 0 Å². The van der Waals surface area contributed by atoms with Gasteiger partial charge in [0, 0.05) is 5.54 Å². The molecule has 0 saturated heterocycles. The van der Waals surface area contributed by atoms with Crippen molar-refractivity contribution in [2.75, 3.05) is 0 Å². The number of hydrogen-bond acceptors (Lipinski definition) is 1. The lowest BCUT2D eigenvalue weighted by Crippen LogP contribution is -2.38. The number of unbranched alkanes of at least 4 members (excludes halogenated alkanes) is 18. The third-order valence-corrected chi connectivity index (χ3v) is 6.69. The van der Waals surface area contributed by atoms with Crippen LogP contribution in [0, 0.1) is 0 Å². The van der Waals surface area contributed by atoms with Gasteiger partial charge in [0.1, 0.15) is 0 Å². The second-order valence-electron chi connectivity index (χ2n) is 9.18. The SMILES string of the molecule is CCCCCCCCCCCCCCCCCCCCCC(N)(CC)CC. The molecule has 0 fully saturated rings. The van der Waals surface area contributed by atoms with E-state index in [2.05, 4.69) is 20.8 Å². The fourth-order valence-corrected chi connectivity index (χ4v) is 4.16. The Morgan fingerprint density at radius 1 is 0.407 bits per heavy atom. The van der Waals surface area contributed by atoms with Gasteiger partial charge >= 0.3 is 0 Å². The summed E-state index contributed by atoms with van der Waals surface area (Å²) in [5, 5.41) is 0. The molecular formula is C26H55N. The van der Waals surface area contributed by atoms with E-state index >= 15 is 0 Å². The van der Waals surface area contributed by atoms with E-state index in [1.807, 2.05) is 0 Å². The smallest absolute Gasteiger partial charge is 0.0149 e. The highest BCUT2D eigenvalue weighted by Crippen LogP contribution is 2.20. The van der Waals surface area contributed by atoms with E-state index < -0.39 is 0 Å². The van der Waals surface area contributed by atoms with E-state index in [1.165, 1.54) is 128 Å². The predicted molar refractivity (Wildman–Crippen MR) is 126 cm³/mol. The van der Waals surface area contributed by atoms with Crippen LogP contribution in [0.1, 0.15) is 162 Å². The van der Waals surface area contributed by atoms with Crippen LogP contribution in [0.25, 0.3) is 0 Å². The molecule has 0 bridgehead atoms. The Labute approximate surface area is 173 Å². The molecule has 0 aromatic rings. The summed E-state index contributed by atoms with van der Waals surface area (Å²) in [5.41, 5.74) is 6.49. The molecule has 0 atom stereocenters. The lowest BCUT2D eigenvalue weighted by Gasteiger charge is -2.26. The van der Waals surface area contributed by atoms with E-state index in [-0.39, 0.29) is 5.54 Å². The summed E-state index contributed by atoms with van der Waals surface area (Å²) in [4.78, 5) is 0. The largest absolute Gasteiger partial charge is 0.325 e. The van der Waals surface area contributed by atoms with Crippen molar-refractivity contribution in [3.8, 4) is 0 Å². The maximum Gasteiger partial charge on any atom is 0.0149 e. The standard InChI is InChI=1S/C26H55N/c1-4-7-8-9-10-11-12-13-14-15-16-17-18-19-20-21-22-23-24-25-26(27,5-2)6-3/h4-25,27H2,1-3H3. The molecular weight excluding hydrogens is 326 g/mol. The van der Waals surface area contributed by atoms with Crippen LogP contribution in [0.15, 0.2) is 0 Å². The molecule has 0 spiro atoms. The Bertz CT molecular complexity index is 269. The first-order valence-electron chi connectivity index (χ1n) is 13.0. The Balaban J connectivity index is 3.11. The molecule has 0 heterocycles. The highest BCUT2D eigenvalue weighted by atomic mass is 14.7. The maximum absolute atomic E-state index is 6.37. The van der Waals surface area contributed by atoms with Crippen molar-refractivity contribution in [2.45, 2.75) is 168 Å². The molecule has 1 heteroatoms. The minimum absolute atomic E-state index is 0.120. The van der Waals surface area contributed by atoms with Crippen LogP contribution >= 0.6 is 0 Å². The Hall–Kier alpha value is -0.0400. The lowest BCUT2D eigenvalue weighted by atomic mass is 9.88. The Morgan fingerprint density at radius 2 is 0.667 bits per heavy atom. The van der Waals surface area contributed by atoms with Gasteiger partial charge in [0.15, 0.2) is 0 Å². The zero-order valence-corrected chi connectivity index (χ0v) is 19.6. The number of rotatable bonds is 22. The van der Waals surface area contributed by atoms with Crippen molar-refractivity contribution in [3.05, 3.63) is 0 Å². The van der Waals surface area contributed by atoms with Crippen molar-refractivity contribution < 1.29 is 0 Å². The first-order valence-corrected chi connectivity index (χ1v) is 13.0. The molecule has 164 valence electrons. The van der Waals surface area contributed by atoms with Gasteiger partial charge in [-0.3, -0.25) is 0 Å². The quantitative estimate of drug-likeness (QED) is 0.186. The van der Waals surface area contributed by atoms with Crippen molar-refractivity contribution in [1.82, 2.24) is 0 Å². The summed E-state index contributed by atoms with van der Waals surface area (Å²) < 4.78 is 0. The monoisotopic (exact) mass is 381 g/mol. The number of nitrogens with two attached hydrogens (primary N) is 1. The maximum atomic E-state index is 6.37. The van der Waals surface area contributed by atoms with Crippen LogP contribution in [0.3, 0.4) is 0 Å².